The van der Waals surface area contributed by atoms with E-state index in [1.165, 1.54) is 24.1 Å². The van der Waals surface area contributed by atoms with Crippen molar-refractivity contribution in [2.45, 2.75) is 51.5 Å². The van der Waals surface area contributed by atoms with E-state index in [9.17, 15) is 4.79 Å². The molecule has 1 aromatic rings. The van der Waals surface area contributed by atoms with Crippen LogP contribution < -0.4 is 4.90 Å². The monoisotopic (exact) mass is 261 g/mol. The second kappa shape index (κ2) is 6.60. The highest BCUT2D eigenvalue weighted by Crippen LogP contribution is 2.30. The number of para-hydroxylation sites is 1. The molecule has 1 aromatic carbocycles. The van der Waals surface area contributed by atoms with Gasteiger partial charge in [0.15, 0.2) is 0 Å². The largest absolute Gasteiger partial charge is 0.481 e. The molecule has 1 atom stereocenters. The first kappa shape index (κ1) is 13.9. The minimum absolute atomic E-state index is 0.273. The number of benzene rings is 1. The fourth-order valence-corrected chi connectivity index (χ4v) is 3.00. The summed E-state index contributed by atoms with van der Waals surface area (Å²) in [5, 5.41) is 8.88. The van der Waals surface area contributed by atoms with Crippen LogP contribution in [0.5, 0.6) is 0 Å². The molecule has 0 saturated carbocycles. The fraction of sp³-hybridized carbons (Fsp3) is 0.562. The summed E-state index contributed by atoms with van der Waals surface area (Å²) in [5.74, 6) is -0.686. The number of aryl methyl sites for hydroxylation is 1. The maximum Gasteiger partial charge on any atom is 0.303 e. The lowest BCUT2D eigenvalue weighted by atomic mass is 9.96. The van der Waals surface area contributed by atoms with Gasteiger partial charge >= 0.3 is 5.97 Å². The Morgan fingerprint density at radius 3 is 2.89 bits per heavy atom. The smallest absolute Gasteiger partial charge is 0.303 e. The van der Waals surface area contributed by atoms with Crippen molar-refractivity contribution < 1.29 is 9.90 Å². The Labute approximate surface area is 115 Å². The van der Waals surface area contributed by atoms with Gasteiger partial charge in [-0.05, 0) is 43.7 Å². The van der Waals surface area contributed by atoms with Crippen LogP contribution in [0.15, 0.2) is 24.3 Å². The molecule has 0 spiro atoms. The van der Waals surface area contributed by atoms with Gasteiger partial charge in [0.1, 0.15) is 0 Å². The molecule has 1 N–H and O–H groups in total. The molecule has 0 aromatic heterocycles. The third-order valence-corrected chi connectivity index (χ3v) is 4.00. The zero-order chi connectivity index (χ0) is 13.7. The molecular formula is C16H23NO2. The minimum Gasteiger partial charge on any atom is -0.481 e. The van der Waals surface area contributed by atoms with Gasteiger partial charge in [-0.2, -0.15) is 0 Å². The number of aliphatic carboxylic acids is 1. The molecule has 0 bridgehead atoms. The molecular weight excluding hydrogens is 238 g/mol. The first-order chi connectivity index (χ1) is 9.22. The average molecular weight is 261 g/mol. The van der Waals surface area contributed by atoms with Crippen molar-refractivity contribution in [3.8, 4) is 0 Å². The van der Waals surface area contributed by atoms with Gasteiger partial charge < -0.3 is 10.0 Å². The van der Waals surface area contributed by atoms with Crippen molar-refractivity contribution >= 4 is 11.7 Å². The summed E-state index contributed by atoms with van der Waals surface area (Å²) in [5.41, 5.74) is 2.67. The Morgan fingerprint density at radius 1 is 1.37 bits per heavy atom. The first-order valence-corrected chi connectivity index (χ1v) is 7.28. The second-order valence-corrected chi connectivity index (χ2v) is 5.26. The summed E-state index contributed by atoms with van der Waals surface area (Å²) in [6.07, 6.45) is 5.60. The summed E-state index contributed by atoms with van der Waals surface area (Å²) in [4.78, 5) is 13.2. The quantitative estimate of drug-likeness (QED) is 0.882. The Morgan fingerprint density at radius 2 is 2.16 bits per heavy atom. The van der Waals surface area contributed by atoms with E-state index in [1.807, 2.05) is 0 Å². The highest BCUT2D eigenvalue weighted by Gasteiger charge is 2.24. The van der Waals surface area contributed by atoms with Gasteiger partial charge in [-0.25, -0.2) is 0 Å². The predicted octanol–water partition coefficient (Wildman–Crippen LogP) is 3.47. The average Bonchev–Trinajstić information content (AvgIpc) is 2.45. The van der Waals surface area contributed by atoms with Crippen molar-refractivity contribution in [2.24, 2.45) is 0 Å². The topological polar surface area (TPSA) is 40.5 Å². The maximum atomic E-state index is 10.8. The van der Waals surface area contributed by atoms with Crippen LogP contribution in [0.2, 0.25) is 0 Å². The van der Waals surface area contributed by atoms with E-state index in [1.54, 1.807) is 0 Å². The Balaban J connectivity index is 2.16. The van der Waals surface area contributed by atoms with E-state index in [-0.39, 0.29) is 6.42 Å². The van der Waals surface area contributed by atoms with E-state index in [0.717, 1.165) is 25.8 Å². The summed E-state index contributed by atoms with van der Waals surface area (Å²) < 4.78 is 0. The van der Waals surface area contributed by atoms with E-state index >= 15 is 0 Å². The van der Waals surface area contributed by atoms with Crippen LogP contribution >= 0.6 is 0 Å². The highest BCUT2D eigenvalue weighted by atomic mass is 16.4. The van der Waals surface area contributed by atoms with Gasteiger partial charge in [-0.3, -0.25) is 4.79 Å². The molecule has 0 amide bonds. The molecule has 0 radical (unpaired) electrons. The molecule has 1 aliphatic heterocycles. The molecule has 1 saturated heterocycles. The lowest BCUT2D eigenvalue weighted by Crippen LogP contribution is -2.40. The summed E-state index contributed by atoms with van der Waals surface area (Å²) >= 11 is 0. The van der Waals surface area contributed by atoms with Crippen LogP contribution in [0.1, 0.15) is 44.6 Å². The number of piperidine rings is 1. The molecule has 104 valence electrons. The van der Waals surface area contributed by atoms with Gasteiger partial charge in [0, 0.05) is 24.7 Å². The fourth-order valence-electron chi connectivity index (χ4n) is 3.00. The van der Waals surface area contributed by atoms with E-state index in [4.69, 9.17) is 5.11 Å². The van der Waals surface area contributed by atoms with Crippen molar-refractivity contribution in [3.63, 3.8) is 0 Å². The lowest BCUT2D eigenvalue weighted by Gasteiger charge is -2.38. The summed E-state index contributed by atoms with van der Waals surface area (Å²) in [6, 6.07) is 8.91. The van der Waals surface area contributed by atoms with Gasteiger partial charge in [0.25, 0.3) is 0 Å². The number of nitrogens with zero attached hydrogens (tertiary/aromatic N) is 1. The molecule has 1 unspecified atom stereocenters. The highest BCUT2D eigenvalue weighted by molar-refractivity contribution is 5.67. The Hall–Kier alpha value is -1.51. The third-order valence-electron chi connectivity index (χ3n) is 4.00. The summed E-state index contributed by atoms with van der Waals surface area (Å²) in [7, 11) is 0. The number of rotatable bonds is 5. The van der Waals surface area contributed by atoms with E-state index in [0.29, 0.717) is 6.04 Å². The molecule has 0 aliphatic carbocycles. The van der Waals surface area contributed by atoms with Crippen LogP contribution in [0.4, 0.5) is 5.69 Å². The minimum atomic E-state index is -0.686. The molecule has 1 aliphatic rings. The SMILES string of the molecule is CCc1ccccc1N1CCCCC1CCC(=O)O. The van der Waals surface area contributed by atoms with E-state index in [2.05, 4.69) is 36.1 Å². The number of carboxylic acids is 1. The second-order valence-electron chi connectivity index (χ2n) is 5.26. The van der Waals surface area contributed by atoms with Crippen LogP contribution in [-0.4, -0.2) is 23.7 Å². The first-order valence-electron chi connectivity index (χ1n) is 7.28. The van der Waals surface area contributed by atoms with E-state index < -0.39 is 5.97 Å². The van der Waals surface area contributed by atoms with Crippen LogP contribution in [-0.2, 0) is 11.2 Å². The van der Waals surface area contributed by atoms with Crippen molar-refractivity contribution in [2.75, 3.05) is 11.4 Å². The maximum absolute atomic E-state index is 10.8. The van der Waals surface area contributed by atoms with Gasteiger partial charge in [0.05, 0.1) is 0 Å². The third kappa shape index (κ3) is 3.49. The molecule has 3 nitrogen and oxygen atoms in total. The Bertz CT molecular complexity index is 431. The zero-order valence-corrected chi connectivity index (χ0v) is 11.6. The lowest BCUT2D eigenvalue weighted by molar-refractivity contribution is -0.137. The van der Waals surface area contributed by atoms with Gasteiger partial charge in [-0.15, -0.1) is 0 Å². The zero-order valence-electron chi connectivity index (χ0n) is 11.6. The number of carbonyl (C=O) groups is 1. The van der Waals surface area contributed by atoms with Gasteiger partial charge in [0.2, 0.25) is 0 Å². The number of anilines is 1. The molecule has 1 heterocycles. The van der Waals surface area contributed by atoms with Crippen LogP contribution in [0, 0.1) is 0 Å². The standard InChI is InChI=1S/C16H23NO2/c1-2-13-7-3-4-9-15(13)17-12-6-5-8-14(17)10-11-16(18)19/h3-4,7,9,14H,2,5-6,8,10-12H2,1H3,(H,18,19). The number of hydrogen-bond acceptors (Lipinski definition) is 2. The Kier molecular flexibility index (Phi) is 4.83. The van der Waals surface area contributed by atoms with Crippen molar-refractivity contribution in [3.05, 3.63) is 29.8 Å². The summed E-state index contributed by atoms with van der Waals surface area (Å²) in [6.45, 7) is 3.23. The number of hydrogen-bond donors (Lipinski definition) is 1. The van der Waals surface area contributed by atoms with Crippen molar-refractivity contribution in [1.82, 2.24) is 0 Å². The van der Waals surface area contributed by atoms with Crippen molar-refractivity contribution in [1.29, 1.82) is 0 Å². The molecule has 2 rings (SSSR count). The molecule has 1 fully saturated rings. The molecule has 3 heteroatoms. The van der Waals surface area contributed by atoms with Crippen LogP contribution in [0.25, 0.3) is 0 Å². The van der Waals surface area contributed by atoms with Gasteiger partial charge in [-0.1, -0.05) is 25.1 Å². The van der Waals surface area contributed by atoms with Crippen LogP contribution in [0.3, 0.4) is 0 Å². The normalized spacial score (nSPS) is 19.4. The number of carboxylic acid groups (broad SMARTS) is 1. The molecule has 19 heavy (non-hydrogen) atoms. The predicted molar refractivity (Wildman–Crippen MR) is 77.7 cm³/mol.